The highest BCUT2D eigenvalue weighted by atomic mass is 16.5. The molecule has 4 atom stereocenters. The topological polar surface area (TPSA) is 80.7 Å². The molecule has 5 nitrogen and oxygen atoms in total. The van der Waals surface area contributed by atoms with Gasteiger partial charge >= 0.3 is 11.9 Å². The van der Waals surface area contributed by atoms with Crippen molar-refractivity contribution in [2.24, 2.45) is 34.5 Å². The minimum absolute atomic E-state index is 0.108. The normalized spacial score (nSPS) is 22.9. The molecule has 0 amide bonds. The first kappa shape index (κ1) is 31.6. The number of rotatable bonds is 14. The van der Waals surface area contributed by atoms with Crippen LogP contribution >= 0.6 is 0 Å². The number of carboxylic acid groups (broad SMARTS) is 1. The number of ketones is 1. The van der Waals surface area contributed by atoms with E-state index >= 15 is 0 Å². The highest BCUT2D eigenvalue weighted by Gasteiger charge is 2.42. The first-order chi connectivity index (χ1) is 17.2. The molecule has 0 aromatic carbocycles. The van der Waals surface area contributed by atoms with Crippen LogP contribution in [-0.2, 0) is 19.1 Å². The number of carboxylic acids is 1. The fraction of sp³-hybridized carbons (Fsp3) is 0.844. The van der Waals surface area contributed by atoms with Crippen LogP contribution in [0.2, 0.25) is 0 Å². The summed E-state index contributed by atoms with van der Waals surface area (Å²) in [7, 11) is 0. The fourth-order valence-corrected chi connectivity index (χ4v) is 6.66. The highest BCUT2D eigenvalue weighted by molar-refractivity contribution is 5.99. The van der Waals surface area contributed by atoms with Gasteiger partial charge in [-0.3, -0.25) is 14.4 Å². The second-order valence-corrected chi connectivity index (χ2v) is 13.5. The number of Topliss-reactive ketones (excluding diaryl/α,β-unsaturated/α-hetero) is 1. The molecule has 2 aliphatic carbocycles. The maximum absolute atomic E-state index is 12.8. The van der Waals surface area contributed by atoms with Crippen molar-refractivity contribution >= 4 is 17.7 Å². The molecule has 2 rings (SSSR count). The molecule has 1 N–H and O–H groups in total. The van der Waals surface area contributed by atoms with Crippen LogP contribution in [0.5, 0.6) is 0 Å². The van der Waals surface area contributed by atoms with Crippen molar-refractivity contribution in [3.8, 4) is 0 Å². The molecule has 0 aromatic heterocycles. The summed E-state index contributed by atoms with van der Waals surface area (Å²) in [6.07, 6.45) is 11.2. The van der Waals surface area contributed by atoms with Crippen LogP contribution in [0.3, 0.4) is 0 Å². The van der Waals surface area contributed by atoms with E-state index in [4.69, 9.17) is 4.74 Å². The predicted octanol–water partition coefficient (Wildman–Crippen LogP) is 8.15. The number of aliphatic carboxylic acids is 1. The van der Waals surface area contributed by atoms with Crippen LogP contribution in [-0.4, -0.2) is 28.9 Å². The van der Waals surface area contributed by atoms with Crippen LogP contribution < -0.4 is 0 Å². The van der Waals surface area contributed by atoms with Crippen molar-refractivity contribution in [2.75, 3.05) is 0 Å². The Morgan fingerprint density at radius 2 is 1.73 bits per heavy atom. The molecule has 212 valence electrons. The molecular weight excluding hydrogens is 464 g/mol. The van der Waals surface area contributed by atoms with E-state index in [1.165, 1.54) is 24.8 Å². The summed E-state index contributed by atoms with van der Waals surface area (Å²) in [6, 6.07) is 0. The number of carbonyl (C=O) groups is 3. The zero-order valence-corrected chi connectivity index (χ0v) is 25.0. The van der Waals surface area contributed by atoms with Gasteiger partial charge in [-0.25, -0.2) is 0 Å². The Labute approximate surface area is 226 Å². The summed E-state index contributed by atoms with van der Waals surface area (Å²) < 4.78 is 6.06. The minimum Gasteiger partial charge on any atom is -0.481 e. The van der Waals surface area contributed by atoms with Crippen molar-refractivity contribution in [2.45, 2.75) is 139 Å². The SMILES string of the molecule is CCCC[C@H](OC(=O)CC(C)(C)C(=O)O)C(C)(C)[C@@H]1CCC[C@H](CC[C@@H](C)C2=C(C(C)C)C(=O)CC2)C1. The number of ether oxygens (including phenoxy) is 1. The smallest absolute Gasteiger partial charge is 0.309 e. The molecule has 37 heavy (non-hydrogen) atoms. The van der Waals surface area contributed by atoms with E-state index in [2.05, 4.69) is 41.5 Å². The number of unbranched alkanes of at least 4 members (excludes halogenated alkanes) is 1. The summed E-state index contributed by atoms with van der Waals surface area (Å²) in [4.78, 5) is 36.7. The summed E-state index contributed by atoms with van der Waals surface area (Å²) in [5.74, 6) is 0.899. The van der Waals surface area contributed by atoms with Gasteiger partial charge in [-0.2, -0.15) is 0 Å². The molecule has 0 unspecified atom stereocenters. The minimum atomic E-state index is -1.13. The summed E-state index contributed by atoms with van der Waals surface area (Å²) in [6.45, 7) is 16.4. The van der Waals surface area contributed by atoms with Crippen LogP contribution in [0.4, 0.5) is 0 Å². The van der Waals surface area contributed by atoms with Gasteiger partial charge in [-0.15, -0.1) is 0 Å². The standard InChI is InChI=1S/C32H54O5/c1-9-10-14-27(37-28(34)20-31(5,6)30(35)36)32(7,8)24-13-11-12-23(19-24)16-15-22(4)25-17-18-26(33)29(25)21(2)3/h21-24,27H,9-20H2,1-8H3,(H,35,36)/t22-,23-,24-,27+/m1/s1. The molecule has 0 radical (unpaired) electrons. The Balaban J connectivity index is 2.05. The third kappa shape index (κ3) is 8.42. The van der Waals surface area contributed by atoms with Gasteiger partial charge in [-0.1, -0.05) is 72.8 Å². The molecule has 0 aromatic rings. The molecule has 1 saturated carbocycles. The lowest BCUT2D eigenvalue weighted by molar-refractivity contribution is -0.166. The quantitative estimate of drug-likeness (QED) is 0.235. The third-order valence-electron chi connectivity index (χ3n) is 9.37. The second kappa shape index (κ2) is 13.4. The molecule has 0 saturated heterocycles. The molecule has 0 aliphatic heterocycles. The maximum Gasteiger partial charge on any atom is 0.309 e. The van der Waals surface area contributed by atoms with Crippen molar-refractivity contribution in [1.29, 1.82) is 0 Å². The number of hydrogen-bond donors (Lipinski definition) is 1. The Bertz CT molecular complexity index is 834. The first-order valence-corrected chi connectivity index (χ1v) is 14.9. The van der Waals surface area contributed by atoms with Gasteiger partial charge in [0, 0.05) is 11.8 Å². The lowest BCUT2D eigenvalue weighted by Gasteiger charge is -2.44. The van der Waals surface area contributed by atoms with Gasteiger partial charge in [0.05, 0.1) is 11.8 Å². The van der Waals surface area contributed by atoms with E-state index in [9.17, 15) is 19.5 Å². The predicted molar refractivity (Wildman–Crippen MR) is 149 cm³/mol. The van der Waals surface area contributed by atoms with E-state index in [1.807, 2.05) is 0 Å². The largest absolute Gasteiger partial charge is 0.481 e. The zero-order chi connectivity index (χ0) is 28.0. The Kier molecular flexibility index (Phi) is 11.5. The van der Waals surface area contributed by atoms with Crippen LogP contribution in [0.25, 0.3) is 0 Å². The highest BCUT2D eigenvalue weighted by Crippen LogP contribution is 2.47. The summed E-state index contributed by atoms with van der Waals surface area (Å²) in [5, 5.41) is 9.44. The Morgan fingerprint density at radius 1 is 1.05 bits per heavy atom. The van der Waals surface area contributed by atoms with E-state index in [0.717, 1.165) is 50.5 Å². The zero-order valence-electron chi connectivity index (χ0n) is 25.0. The number of hydrogen-bond acceptors (Lipinski definition) is 4. The van der Waals surface area contributed by atoms with E-state index in [-0.39, 0.29) is 17.9 Å². The van der Waals surface area contributed by atoms with Gasteiger partial charge in [0.25, 0.3) is 0 Å². The molecule has 1 fully saturated rings. The fourth-order valence-electron chi connectivity index (χ4n) is 6.66. The monoisotopic (exact) mass is 518 g/mol. The number of allylic oxidation sites excluding steroid dienone is 2. The van der Waals surface area contributed by atoms with E-state index in [1.54, 1.807) is 13.8 Å². The Morgan fingerprint density at radius 3 is 2.32 bits per heavy atom. The molecule has 0 bridgehead atoms. The van der Waals surface area contributed by atoms with Gasteiger partial charge in [0.1, 0.15) is 6.10 Å². The van der Waals surface area contributed by atoms with Crippen LogP contribution in [0, 0.1) is 34.5 Å². The molecule has 0 heterocycles. The molecule has 0 spiro atoms. The van der Waals surface area contributed by atoms with Crippen molar-refractivity contribution in [3.63, 3.8) is 0 Å². The molecule has 2 aliphatic rings. The lowest BCUT2D eigenvalue weighted by Crippen LogP contribution is -2.42. The second-order valence-electron chi connectivity index (χ2n) is 13.5. The average Bonchev–Trinajstić information content (AvgIpc) is 3.21. The Hall–Kier alpha value is -1.65. The summed E-state index contributed by atoms with van der Waals surface area (Å²) in [5.41, 5.74) is 1.22. The third-order valence-corrected chi connectivity index (χ3v) is 9.37. The van der Waals surface area contributed by atoms with Crippen molar-refractivity contribution in [1.82, 2.24) is 0 Å². The number of carbonyl (C=O) groups excluding carboxylic acids is 2. The molecular formula is C32H54O5. The van der Waals surface area contributed by atoms with Gasteiger partial charge in [0.15, 0.2) is 5.78 Å². The average molecular weight is 519 g/mol. The van der Waals surface area contributed by atoms with E-state index < -0.39 is 17.4 Å². The van der Waals surface area contributed by atoms with Crippen LogP contribution in [0.15, 0.2) is 11.1 Å². The summed E-state index contributed by atoms with van der Waals surface area (Å²) >= 11 is 0. The molecule has 5 heteroatoms. The van der Waals surface area contributed by atoms with Crippen molar-refractivity contribution < 1.29 is 24.2 Å². The number of esters is 1. The lowest BCUT2D eigenvalue weighted by atomic mass is 9.64. The van der Waals surface area contributed by atoms with Gasteiger partial charge in [0.2, 0.25) is 0 Å². The van der Waals surface area contributed by atoms with Gasteiger partial charge in [-0.05, 0) is 81.6 Å². The van der Waals surface area contributed by atoms with Gasteiger partial charge < -0.3 is 9.84 Å². The van der Waals surface area contributed by atoms with Crippen molar-refractivity contribution in [3.05, 3.63) is 11.1 Å². The maximum atomic E-state index is 12.8. The van der Waals surface area contributed by atoms with E-state index in [0.29, 0.717) is 35.9 Å². The van der Waals surface area contributed by atoms with Crippen LogP contribution in [0.1, 0.15) is 132 Å². The first-order valence-electron chi connectivity index (χ1n) is 14.9.